The van der Waals surface area contributed by atoms with Crippen LogP contribution in [0.3, 0.4) is 0 Å². The van der Waals surface area contributed by atoms with Crippen molar-refractivity contribution in [2.45, 2.75) is 11.4 Å². The zero-order chi connectivity index (χ0) is 18.5. The third-order valence-electron chi connectivity index (χ3n) is 4.94. The second-order valence-corrected chi connectivity index (χ2v) is 7.44. The number of fused-ring (bicyclic) bond motifs is 3. The van der Waals surface area contributed by atoms with E-state index >= 15 is 0 Å². The molecular formula is C21H13Cl2N3O. The van der Waals surface area contributed by atoms with Crippen LogP contribution >= 0.6 is 23.2 Å². The molecule has 4 aromatic rings. The molecule has 1 fully saturated rings. The van der Waals surface area contributed by atoms with Gasteiger partial charge >= 0.3 is 0 Å². The summed E-state index contributed by atoms with van der Waals surface area (Å²) in [5.41, 5.74) is 3.31. The highest BCUT2D eigenvalue weighted by atomic mass is 35.5. The van der Waals surface area contributed by atoms with Gasteiger partial charge in [-0.15, -0.1) is 21.8 Å². The monoisotopic (exact) mass is 393 g/mol. The zero-order valence-electron chi connectivity index (χ0n) is 14.0. The number of hydrogen-bond donors (Lipinski definition) is 0. The van der Waals surface area contributed by atoms with Gasteiger partial charge < -0.3 is 4.90 Å². The number of β-lactam (4-membered cyclic amide) rings is 1. The van der Waals surface area contributed by atoms with Crippen LogP contribution in [0.5, 0.6) is 0 Å². The predicted octanol–water partition coefficient (Wildman–Crippen LogP) is 5.13. The van der Waals surface area contributed by atoms with Crippen LogP contribution in [0.1, 0.15) is 11.6 Å². The molecule has 2 atom stereocenters. The normalized spacial score (nSPS) is 19.5. The van der Waals surface area contributed by atoms with E-state index in [-0.39, 0.29) is 11.9 Å². The second kappa shape index (κ2) is 6.19. The standard InChI is InChI=1S/C21H13Cl2N3O/c22-13-6-8-17-15(10-13)16-11-14(7-9-18(16)25-24-17)26-20(19(23)21(26)27)12-4-2-1-3-5-12/h1-11,19-20H. The maximum Gasteiger partial charge on any atom is 0.248 e. The number of amides is 1. The van der Waals surface area contributed by atoms with Gasteiger partial charge in [-0.1, -0.05) is 41.9 Å². The smallest absolute Gasteiger partial charge is 0.248 e. The summed E-state index contributed by atoms with van der Waals surface area (Å²) >= 11 is 12.5. The number of benzene rings is 3. The highest BCUT2D eigenvalue weighted by Gasteiger charge is 2.47. The van der Waals surface area contributed by atoms with E-state index in [4.69, 9.17) is 23.2 Å². The molecular weight excluding hydrogens is 381 g/mol. The number of nitrogens with zero attached hydrogens (tertiary/aromatic N) is 3. The van der Waals surface area contributed by atoms with Crippen LogP contribution in [0.25, 0.3) is 21.8 Å². The second-order valence-electron chi connectivity index (χ2n) is 6.53. The molecule has 1 amide bonds. The summed E-state index contributed by atoms with van der Waals surface area (Å²) in [5, 5.41) is 10.4. The maximum atomic E-state index is 12.5. The highest BCUT2D eigenvalue weighted by Crippen LogP contribution is 2.43. The highest BCUT2D eigenvalue weighted by molar-refractivity contribution is 6.37. The summed E-state index contributed by atoms with van der Waals surface area (Å²) in [5.74, 6) is -0.103. The Balaban J connectivity index is 1.67. The summed E-state index contributed by atoms with van der Waals surface area (Å²) in [6, 6.07) is 20.8. The van der Waals surface area contributed by atoms with Crippen molar-refractivity contribution < 1.29 is 4.79 Å². The molecule has 1 aromatic heterocycles. The molecule has 3 aromatic carbocycles. The Morgan fingerprint density at radius 1 is 0.852 bits per heavy atom. The number of carbonyl (C=O) groups is 1. The quantitative estimate of drug-likeness (QED) is 0.269. The lowest BCUT2D eigenvalue weighted by Gasteiger charge is -2.44. The van der Waals surface area contributed by atoms with Gasteiger partial charge in [0.15, 0.2) is 0 Å². The average molecular weight is 394 g/mol. The number of rotatable bonds is 2. The van der Waals surface area contributed by atoms with Crippen LogP contribution in [0.2, 0.25) is 5.02 Å². The molecule has 0 N–H and O–H groups in total. The van der Waals surface area contributed by atoms with E-state index < -0.39 is 5.38 Å². The summed E-state index contributed by atoms with van der Waals surface area (Å²) in [6.07, 6.45) is 0. The van der Waals surface area contributed by atoms with Crippen molar-refractivity contribution in [2.75, 3.05) is 4.90 Å². The number of hydrogen-bond acceptors (Lipinski definition) is 3. The Morgan fingerprint density at radius 3 is 2.26 bits per heavy atom. The molecule has 2 heterocycles. The van der Waals surface area contributed by atoms with E-state index in [1.54, 1.807) is 11.0 Å². The summed E-state index contributed by atoms with van der Waals surface area (Å²) in [7, 11) is 0. The lowest BCUT2D eigenvalue weighted by molar-refractivity contribution is -0.123. The van der Waals surface area contributed by atoms with Crippen LogP contribution in [0, 0.1) is 0 Å². The van der Waals surface area contributed by atoms with Gasteiger partial charge in [0.25, 0.3) is 0 Å². The van der Waals surface area contributed by atoms with Gasteiger partial charge in [-0.3, -0.25) is 4.79 Å². The van der Waals surface area contributed by atoms with Gasteiger partial charge in [0.2, 0.25) is 5.91 Å². The van der Waals surface area contributed by atoms with E-state index in [0.29, 0.717) is 5.02 Å². The molecule has 0 radical (unpaired) electrons. The number of aromatic nitrogens is 2. The first-order chi connectivity index (χ1) is 13.1. The Hall–Kier alpha value is -2.69. The van der Waals surface area contributed by atoms with Crippen LogP contribution in [0.15, 0.2) is 66.7 Å². The molecule has 0 spiro atoms. The lowest BCUT2D eigenvalue weighted by atomic mass is 9.92. The first-order valence-corrected chi connectivity index (χ1v) is 9.33. The largest absolute Gasteiger partial charge is 0.301 e. The van der Waals surface area contributed by atoms with Gasteiger partial charge in [0, 0.05) is 21.5 Å². The van der Waals surface area contributed by atoms with Gasteiger partial charge in [-0.2, -0.15) is 0 Å². The minimum Gasteiger partial charge on any atom is -0.301 e. The van der Waals surface area contributed by atoms with E-state index in [9.17, 15) is 4.79 Å². The molecule has 132 valence electrons. The van der Waals surface area contributed by atoms with Crippen molar-refractivity contribution in [3.63, 3.8) is 0 Å². The Kier molecular flexibility index (Phi) is 3.78. The zero-order valence-corrected chi connectivity index (χ0v) is 15.5. The van der Waals surface area contributed by atoms with Crippen LogP contribution in [0.4, 0.5) is 5.69 Å². The molecule has 6 heteroatoms. The van der Waals surface area contributed by atoms with Crippen LogP contribution < -0.4 is 4.90 Å². The van der Waals surface area contributed by atoms with E-state index in [1.165, 1.54) is 0 Å². The first kappa shape index (κ1) is 16.5. The Bertz CT molecular complexity index is 1200. The minimum absolute atomic E-state index is 0.103. The summed E-state index contributed by atoms with van der Waals surface area (Å²) in [4.78, 5) is 14.3. The van der Waals surface area contributed by atoms with Gasteiger partial charge in [0.1, 0.15) is 5.38 Å². The average Bonchev–Trinajstić information content (AvgIpc) is 2.71. The molecule has 0 aliphatic carbocycles. The fourth-order valence-electron chi connectivity index (χ4n) is 3.61. The molecule has 1 aliphatic heterocycles. The molecule has 1 saturated heterocycles. The van der Waals surface area contributed by atoms with Crippen LogP contribution in [-0.4, -0.2) is 21.5 Å². The molecule has 2 unspecified atom stereocenters. The Labute approximate surface area is 165 Å². The van der Waals surface area contributed by atoms with Crippen molar-refractivity contribution in [3.05, 3.63) is 77.3 Å². The van der Waals surface area contributed by atoms with E-state index in [0.717, 1.165) is 33.1 Å². The third-order valence-corrected chi connectivity index (χ3v) is 5.60. The number of alkyl halides is 1. The van der Waals surface area contributed by atoms with Crippen molar-refractivity contribution in [2.24, 2.45) is 0 Å². The summed E-state index contributed by atoms with van der Waals surface area (Å²) < 4.78 is 0. The third kappa shape index (κ3) is 2.56. The lowest BCUT2D eigenvalue weighted by Crippen LogP contribution is -2.56. The Morgan fingerprint density at radius 2 is 1.52 bits per heavy atom. The molecule has 27 heavy (non-hydrogen) atoms. The molecule has 0 bridgehead atoms. The van der Waals surface area contributed by atoms with Crippen molar-refractivity contribution >= 4 is 56.6 Å². The first-order valence-electron chi connectivity index (χ1n) is 8.51. The van der Waals surface area contributed by atoms with Crippen molar-refractivity contribution in [1.29, 1.82) is 0 Å². The fraction of sp³-hybridized carbons (Fsp3) is 0.0952. The number of anilines is 1. The van der Waals surface area contributed by atoms with Crippen molar-refractivity contribution in [3.8, 4) is 0 Å². The number of carbonyl (C=O) groups excluding carboxylic acids is 1. The molecule has 0 saturated carbocycles. The molecule has 5 rings (SSSR count). The van der Waals surface area contributed by atoms with Crippen LogP contribution in [-0.2, 0) is 4.79 Å². The van der Waals surface area contributed by atoms with Crippen molar-refractivity contribution in [1.82, 2.24) is 10.2 Å². The minimum atomic E-state index is -0.565. The van der Waals surface area contributed by atoms with Gasteiger partial charge in [0.05, 0.1) is 17.1 Å². The fourth-order valence-corrected chi connectivity index (χ4v) is 4.14. The predicted molar refractivity (Wildman–Crippen MR) is 108 cm³/mol. The van der Waals surface area contributed by atoms with Gasteiger partial charge in [-0.05, 0) is 42.0 Å². The van der Waals surface area contributed by atoms with E-state index in [2.05, 4.69) is 10.2 Å². The number of halogens is 2. The maximum absolute atomic E-state index is 12.5. The molecule has 4 nitrogen and oxygen atoms in total. The summed E-state index contributed by atoms with van der Waals surface area (Å²) in [6.45, 7) is 0. The van der Waals surface area contributed by atoms with E-state index in [1.807, 2.05) is 60.7 Å². The topological polar surface area (TPSA) is 46.1 Å². The SMILES string of the molecule is O=C1C(Cl)C(c2ccccc2)N1c1ccc2nnc3ccc(Cl)cc3c2c1. The van der Waals surface area contributed by atoms with Gasteiger partial charge in [-0.25, -0.2) is 0 Å². The molecule has 1 aliphatic rings.